The Hall–Kier alpha value is -3.20. The largest absolute Gasteiger partial charge is 0.493 e. The fraction of sp³-hybridized carbons (Fsp3) is 0.222. The van der Waals surface area contributed by atoms with Gasteiger partial charge in [-0.3, -0.25) is 4.79 Å². The maximum absolute atomic E-state index is 12.2. The molecule has 4 rings (SSSR count). The molecule has 0 radical (unpaired) electrons. The van der Waals surface area contributed by atoms with Gasteiger partial charge in [0, 0.05) is 23.9 Å². The molecule has 0 atom stereocenters. The number of ether oxygens (including phenoxy) is 1. The summed E-state index contributed by atoms with van der Waals surface area (Å²) >= 11 is 1.22. The summed E-state index contributed by atoms with van der Waals surface area (Å²) in [6.07, 6.45) is 0.795. The fourth-order valence-corrected chi connectivity index (χ4v) is 4.01. The normalized spacial score (nSPS) is 13.4. The molecule has 138 valence electrons. The molecule has 3 aromatic rings. The Labute approximate surface area is 158 Å². The van der Waals surface area contributed by atoms with Gasteiger partial charge < -0.3 is 21.0 Å². The molecule has 0 bridgehead atoms. The van der Waals surface area contributed by atoms with Crippen LogP contribution < -0.4 is 15.8 Å². The van der Waals surface area contributed by atoms with Crippen LogP contribution in [-0.4, -0.2) is 39.9 Å². The number of nitrogen functional groups attached to an aromatic ring is 1. The molecule has 0 saturated heterocycles. The molecule has 8 nitrogen and oxygen atoms in total. The number of benzene rings is 1. The first kappa shape index (κ1) is 17.2. The van der Waals surface area contributed by atoms with Crippen LogP contribution in [0.3, 0.4) is 0 Å². The van der Waals surface area contributed by atoms with Crippen molar-refractivity contribution in [3.05, 3.63) is 46.0 Å². The van der Waals surface area contributed by atoms with Crippen molar-refractivity contribution < 1.29 is 14.7 Å². The number of carbonyl (C=O) groups is 1. The van der Waals surface area contributed by atoms with Gasteiger partial charge in [-0.1, -0.05) is 5.16 Å². The van der Waals surface area contributed by atoms with Crippen LogP contribution >= 0.6 is 11.3 Å². The number of nitrogens with two attached hydrogens (primary N) is 1. The monoisotopic (exact) mass is 383 g/mol. The first-order valence-corrected chi connectivity index (χ1v) is 9.26. The summed E-state index contributed by atoms with van der Waals surface area (Å²) in [7, 11) is 0. The van der Waals surface area contributed by atoms with E-state index < -0.39 is 0 Å². The van der Waals surface area contributed by atoms with Crippen molar-refractivity contribution in [2.75, 3.05) is 18.9 Å². The molecule has 0 fully saturated rings. The van der Waals surface area contributed by atoms with Crippen molar-refractivity contribution in [3.8, 4) is 5.75 Å². The minimum atomic E-state index is -0.192. The lowest BCUT2D eigenvalue weighted by Gasteiger charge is -2.08. The van der Waals surface area contributed by atoms with Crippen molar-refractivity contribution in [1.29, 1.82) is 0 Å². The third kappa shape index (κ3) is 3.06. The first-order chi connectivity index (χ1) is 13.1. The van der Waals surface area contributed by atoms with Gasteiger partial charge in [0.2, 0.25) is 5.95 Å². The third-order valence-electron chi connectivity index (χ3n) is 4.26. The Kier molecular flexibility index (Phi) is 4.36. The number of aromatic nitrogens is 2. The Balaban J connectivity index is 1.85. The Bertz CT molecular complexity index is 1080. The van der Waals surface area contributed by atoms with E-state index in [1.807, 2.05) is 19.1 Å². The lowest BCUT2D eigenvalue weighted by molar-refractivity contribution is 0.0960. The average molecular weight is 383 g/mol. The van der Waals surface area contributed by atoms with Crippen LogP contribution in [0.4, 0.5) is 5.95 Å². The second-order valence-electron chi connectivity index (χ2n) is 5.99. The first-order valence-electron chi connectivity index (χ1n) is 8.44. The standard InChI is InChI=1S/C18H17N5O3S/c1-2-20-16(24)13-8-11-15(21-18(19)22-17(11)27-13)14(23-25)10-3-4-12-9(7-10)5-6-26-12/h3-4,7-8,25H,2,5-6H2,1H3,(H,20,24)(H2,19,21,22). The molecule has 0 saturated carbocycles. The highest BCUT2D eigenvalue weighted by molar-refractivity contribution is 7.20. The van der Waals surface area contributed by atoms with E-state index in [2.05, 4.69) is 20.4 Å². The summed E-state index contributed by atoms with van der Waals surface area (Å²) < 4.78 is 5.52. The molecular formula is C18H17N5O3S. The predicted octanol–water partition coefficient (Wildman–Crippen LogP) is 2.18. The number of hydrogen-bond acceptors (Lipinski definition) is 8. The van der Waals surface area contributed by atoms with Crippen molar-refractivity contribution in [2.45, 2.75) is 13.3 Å². The van der Waals surface area contributed by atoms with Gasteiger partial charge in [-0.2, -0.15) is 0 Å². The van der Waals surface area contributed by atoms with Crippen LogP contribution in [0.25, 0.3) is 10.2 Å². The highest BCUT2D eigenvalue weighted by Crippen LogP contribution is 2.31. The average Bonchev–Trinajstić information content (AvgIpc) is 3.28. The Morgan fingerprint density at radius 3 is 3.04 bits per heavy atom. The van der Waals surface area contributed by atoms with Gasteiger partial charge in [0.25, 0.3) is 5.91 Å². The van der Waals surface area contributed by atoms with E-state index in [-0.39, 0.29) is 17.6 Å². The van der Waals surface area contributed by atoms with Crippen molar-refractivity contribution >= 4 is 39.1 Å². The maximum atomic E-state index is 12.2. The number of carbonyl (C=O) groups excluding carboxylic acids is 1. The van der Waals surface area contributed by atoms with E-state index in [1.165, 1.54) is 11.3 Å². The van der Waals surface area contributed by atoms with Gasteiger partial charge in [-0.15, -0.1) is 11.3 Å². The maximum Gasteiger partial charge on any atom is 0.261 e. The van der Waals surface area contributed by atoms with Crippen LogP contribution in [0, 0.1) is 0 Å². The van der Waals surface area contributed by atoms with E-state index >= 15 is 0 Å². The summed E-state index contributed by atoms with van der Waals surface area (Å²) in [4.78, 5) is 21.7. The van der Waals surface area contributed by atoms with Crippen LogP contribution in [0.5, 0.6) is 5.75 Å². The van der Waals surface area contributed by atoms with Crippen molar-refractivity contribution in [2.24, 2.45) is 5.16 Å². The highest BCUT2D eigenvalue weighted by atomic mass is 32.1. The zero-order valence-corrected chi connectivity index (χ0v) is 15.3. The van der Waals surface area contributed by atoms with Gasteiger partial charge in [-0.25, -0.2) is 9.97 Å². The van der Waals surface area contributed by atoms with Crippen LogP contribution in [0.2, 0.25) is 0 Å². The fourth-order valence-electron chi connectivity index (χ4n) is 3.05. The molecule has 0 unspecified atom stereocenters. The lowest BCUT2D eigenvalue weighted by atomic mass is 10.0. The molecule has 0 aliphatic carbocycles. The molecule has 3 heterocycles. The number of nitrogens with zero attached hydrogens (tertiary/aromatic N) is 3. The molecule has 4 N–H and O–H groups in total. The van der Waals surface area contributed by atoms with Crippen LogP contribution in [-0.2, 0) is 6.42 Å². The van der Waals surface area contributed by atoms with Crippen molar-refractivity contribution in [1.82, 2.24) is 15.3 Å². The molecule has 1 aliphatic rings. The number of hydrogen-bond donors (Lipinski definition) is 3. The molecule has 9 heteroatoms. The molecule has 1 amide bonds. The smallest absolute Gasteiger partial charge is 0.261 e. The summed E-state index contributed by atoms with van der Waals surface area (Å²) in [6, 6.07) is 7.26. The quantitative estimate of drug-likeness (QED) is 0.360. The number of thiophene rings is 1. The zero-order valence-electron chi connectivity index (χ0n) is 14.5. The Morgan fingerprint density at radius 2 is 2.26 bits per heavy atom. The van der Waals surface area contributed by atoms with Gasteiger partial charge in [0.1, 0.15) is 22.0 Å². The number of anilines is 1. The van der Waals surface area contributed by atoms with Gasteiger partial charge >= 0.3 is 0 Å². The minimum Gasteiger partial charge on any atom is -0.493 e. The molecule has 1 aromatic carbocycles. The molecule has 2 aromatic heterocycles. The SMILES string of the molecule is CCNC(=O)c1cc2c(C(=NO)c3ccc4c(c3)CCO4)nc(N)nc2s1. The predicted molar refractivity (Wildman–Crippen MR) is 103 cm³/mol. The van der Waals surface area contributed by atoms with E-state index in [9.17, 15) is 10.0 Å². The van der Waals surface area contributed by atoms with E-state index in [0.717, 1.165) is 17.7 Å². The minimum absolute atomic E-state index is 0.0486. The number of rotatable bonds is 4. The van der Waals surface area contributed by atoms with Crippen LogP contribution in [0.1, 0.15) is 33.4 Å². The highest BCUT2D eigenvalue weighted by Gasteiger charge is 2.21. The molecule has 1 aliphatic heterocycles. The number of amides is 1. The second-order valence-corrected chi connectivity index (χ2v) is 7.02. The number of nitrogens with one attached hydrogen (secondary N) is 1. The number of fused-ring (bicyclic) bond motifs is 2. The van der Waals surface area contributed by atoms with Gasteiger partial charge in [0.15, 0.2) is 0 Å². The van der Waals surface area contributed by atoms with Gasteiger partial charge in [0.05, 0.1) is 11.5 Å². The van der Waals surface area contributed by atoms with E-state index in [1.54, 1.807) is 12.1 Å². The topological polar surface area (TPSA) is 123 Å². The summed E-state index contributed by atoms with van der Waals surface area (Å²) in [5, 5.41) is 16.6. The number of oxime groups is 1. The molecule has 0 spiro atoms. The molecule has 27 heavy (non-hydrogen) atoms. The lowest BCUT2D eigenvalue weighted by Crippen LogP contribution is -2.21. The van der Waals surface area contributed by atoms with E-state index in [0.29, 0.717) is 39.5 Å². The third-order valence-corrected chi connectivity index (χ3v) is 5.29. The van der Waals surface area contributed by atoms with Gasteiger partial charge in [-0.05, 0) is 36.8 Å². The summed E-state index contributed by atoms with van der Waals surface area (Å²) in [5.41, 5.74) is 8.23. The Morgan fingerprint density at radius 1 is 1.41 bits per heavy atom. The second kappa shape index (κ2) is 6.84. The summed E-state index contributed by atoms with van der Waals surface area (Å²) in [6.45, 7) is 3.01. The van der Waals surface area contributed by atoms with E-state index in [4.69, 9.17) is 10.5 Å². The summed E-state index contributed by atoms with van der Waals surface area (Å²) in [5.74, 6) is 0.687. The zero-order chi connectivity index (χ0) is 19.0. The van der Waals surface area contributed by atoms with Crippen LogP contribution in [0.15, 0.2) is 29.4 Å². The molecular weight excluding hydrogens is 366 g/mol. The van der Waals surface area contributed by atoms with Crippen molar-refractivity contribution in [3.63, 3.8) is 0 Å².